The van der Waals surface area contributed by atoms with E-state index in [1.165, 1.54) is 11.1 Å². The van der Waals surface area contributed by atoms with E-state index < -0.39 is 9.82 Å². The van der Waals surface area contributed by atoms with E-state index in [1.807, 2.05) is 42.5 Å². The average molecular weight is 318 g/mol. The number of amides is 1. The topological polar surface area (TPSA) is 29.4 Å². The van der Waals surface area contributed by atoms with Gasteiger partial charge in [-0.1, -0.05) is 46.8 Å². The molecule has 0 bridgehead atoms. The smallest absolute Gasteiger partial charge is 0.268 e. The summed E-state index contributed by atoms with van der Waals surface area (Å²) in [6, 6.07) is 26.8. The van der Waals surface area contributed by atoms with Gasteiger partial charge in [0.05, 0.1) is 9.82 Å². The number of nitrogens with zero attached hydrogens (tertiary/aromatic N) is 1. The molecule has 0 radical (unpaired) electrons. The predicted octanol–water partition coefficient (Wildman–Crippen LogP) is 5.03. The van der Waals surface area contributed by atoms with Crippen LogP contribution in [-0.4, -0.2) is 5.91 Å². The van der Waals surface area contributed by atoms with Gasteiger partial charge in [-0.05, 0) is 36.4 Å². The molecule has 0 saturated carbocycles. The number of rotatable bonds is 1. The summed E-state index contributed by atoms with van der Waals surface area (Å²) in [5.41, 5.74) is 2.37. The van der Waals surface area contributed by atoms with Crippen LogP contribution in [0.5, 0.6) is 0 Å². The van der Waals surface area contributed by atoms with Gasteiger partial charge in [0.2, 0.25) is 0 Å². The van der Waals surface area contributed by atoms with Crippen LogP contribution in [0.2, 0.25) is 0 Å². The Kier molecular flexibility index (Phi) is 3.24. The molecule has 1 amide bonds. The minimum atomic E-state index is -1.88. The van der Waals surface area contributed by atoms with Crippen LogP contribution < -0.4 is 0 Å². The van der Waals surface area contributed by atoms with Crippen molar-refractivity contribution in [2.45, 2.75) is 21.6 Å². The molecule has 0 unspecified atom stereocenters. The van der Waals surface area contributed by atoms with Crippen molar-refractivity contribution >= 4 is 15.7 Å². The lowest BCUT2D eigenvalue weighted by molar-refractivity contribution is -0.115. The average Bonchev–Trinajstić information content (AvgIpc) is 2.87. The Labute approximate surface area is 136 Å². The van der Waals surface area contributed by atoms with Crippen LogP contribution in [0.4, 0.5) is 0 Å². The molecular weight excluding hydrogens is 302 g/mol. The first-order chi connectivity index (χ1) is 11.2. The summed E-state index contributed by atoms with van der Waals surface area (Å²) in [4.78, 5) is 15.5. The molecule has 0 N–H and O–H groups in total. The Morgan fingerprint density at radius 2 is 1.22 bits per heavy atom. The molecule has 0 atom stereocenters. The van der Waals surface area contributed by atoms with E-state index in [0.717, 1.165) is 14.7 Å². The standard InChI is InChI=1S/C20H16NOS/c1-15(22)21-23(16-9-3-2-4-10-16)19-13-7-5-11-17(19)18-12-6-8-14-20(18)23/h2-14H,1H3/q+1. The largest absolute Gasteiger partial charge is 0.285 e. The van der Waals surface area contributed by atoms with Crippen LogP contribution in [0.3, 0.4) is 0 Å². The van der Waals surface area contributed by atoms with Gasteiger partial charge in [0.25, 0.3) is 5.91 Å². The van der Waals surface area contributed by atoms with Gasteiger partial charge in [0, 0.05) is 18.1 Å². The maximum Gasteiger partial charge on any atom is 0.285 e. The fourth-order valence-electron chi connectivity index (χ4n) is 3.23. The first-order valence-electron chi connectivity index (χ1n) is 7.54. The summed E-state index contributed by atoms with van der Waals surface area (Å²) in [7, 11) is -1.88. The molecule has 1 heterocycles. The van der Waals surface area contributed by atoms with Crippen molar-refractivity contribution in [1.29, 1.82) is 0 Å². The highest BCUT2D eigenvalue weighted by Crippen LogP contribution is 2.52. The van der Waals surface area contributed by atoms with Gasteiger partial charge < -0.3 is 0 Å². The van der Waals surface area contributed by atoms with Crippen molar-refractivity contribution in [1.82, 2.24) is 0 Å². The van der Waals surface area contributed by atoms with E-state index in [4.69, 9.17) is 4.36 Å². The predicted molar refractivity (Wildman–Crippen MR) is 93.6 cm³/mol. The summed E-state index contributed by atoms with van der Waals surface area (Å²) in [6.07, 6.45) is 0. The summed E-state index contributed by atoms with van der Waals surface area (Å²) in [5, 5.41) is 0. The van der Waals surface area contributed by atoms with Gasteiger partial charge in [0.15, 0.2) is 9.79 Å². The number of fused-ring (bicyclic) bond motifs is 3. The van der Waals surface area contributed by atoms with E-state index in [-0.39, 0.29) is 5.91 Å². The molecule has 3 aromatic rings. The summed E-state index contributed by atoms with van der Waals surface area (Å²) in [5.74, 6) is -0.129. The van der Waals surface area contributed by atoms with Crippen LogP contribution in [0.1, 0.15) is 6.92 Å². The highest BCUT2D eigenvalue weighted by molar-refractivity contribution is 8.06. The van der Waals surface area contributed by atoms with Gasteiger partial charge in [-0.15, -0.1) is 0 Å². The van der Waals surface area contributed by atoms with Gasteiger partial charge in [-0.25, -0.2) is 0 Å². The lowest BCUT2D eigenvalue weighted by Crippen LogP contribution is -2.12. The van der Waals surface area contributed by atoms with Gasteiger partial charge in [0.1, 0.15) is 4.90 Å². The molecule has 3 heteroatoms. The molecule has 0 spiro atoms. The number of carbonyl (C=O) groups excluding carboxylic acids is 1. The van der Waals surface area contributed by atoms with Crippen LogP contribution in [0, 0.1) is 0 Å². The Hall–Kier alpha value is -2.52. The molecule has 1 aliphatic heterocycles. The van der Waals surface area contributed by atoms with E-state index in [0.29, 0.717) is 0 Å². The highest BCUT2D eigenvalue weighted by Gasteiger charge is 2.45. The Morgan fingerprint density at radius 3 is 1.74 bits per heavy atom. The van der Waals surface area contributed by atoms with Crippen molar-refractivity contribution in [2.24, 2.45) is 4.36 Å². The van der Waals surface area contributed by atoms with Crippen molar-refractivity contribution in [3.63, 3.8) is 0 Å². The zero-order valence-corrected chi connectivity index (χ0v) is 13.6. The van der Waals surface area contributed by atoms with Gasteiger partial charge in [-0.2, -0.15) is 0 Å². The van der Waals surface area contributed by atoms with E-state index in [9.17, 15) is 4.79 Å². The minimum Gasteiger partial charge on any atom is -0.268 e. The quantitative estimate of drug-likeness (QED) is 0.453. The maximum absolute atomic E-state index is 12.1. The van der Waals surface area contributed by atoms with Crippen LogP contribution in [0.25, 0.3) is 11.1 Å². The number of hydrogen-bond acceptors (Lipinski definition) is 1. The molecule has 0 aromatic heterocycles. The van der Waals surface area contributed by atoms with E-state index in [1.54, 1.807) is 6.92 Å². The molecule has 0 aliphatic carbocycles. The molecule has 2 nitrogen and oxygen atoms in total. The third-order valence-electron chi connectivity index (χ3n) is 4.05. The van der Waals surface area contributed by atoms with Crippen LogP contribution >= 0.6 is 0 Å². The molecule has 3 aromatic carbocycles. The van der Waals surface area contributed by atoms with Crippen molar-refractivity contribution in [3.05, 3.63) is 78.9 Å². The minimum absolute atomic E-state index is 0.129. The van der Waals surface area contributed by atoms with E-state index in [2.05, 4.69) is 36.4 Å². The number of benzene rings is 3. The van der Waals surface area contributed by atoms with Crippen molar-refractivity contribution in [2.75, 3.05) is 0 Å². The number of carbonyl (C=O) groups is 1. The summed E-state index contributed by atoms with van der Waals surface area (Å²) < 4.78 is 4.71. The zero-order chi connectivity index (χ0) is 15.9. The van der Waals surface area contributed by atoms with Gasteiger partial charge in [-0.3, -0.25) is 4.79 Å². The molecule has 0 fully saturated rings. The molecule has 1 aliphatic rings. The summed E-state index contributed by atoms with van der Waals surface area (Å²) >= 11 is 0. The third-order valence-corrected chi connectivity index (χ3v) is 7.52. The van der Waals surface area contributed by atoms with Crippen molar-refractivity contribution < 1.29 is 4.79 Å². The Bertz CT molecular complexity index is 911. The second-order valence-electron chi connectivity index (χ2n) is 5.50. The normalized spacial score (nSPS) is 14.0. The zero-order valence-electron chi connectivity index (χ0n) is 12.8. The van der Waals surface area contributed by atoms with Crippen LogP contribution in [0.15, 0.2) is 97.9 Å². The first-order valence-corrected chi connectivity index (χ1v) is 9.13. The third kappa shape index (κ3) is 2.01. The van der Waals surface area contributed by atoms with Gasteiger partial charge >= 0.3 is 0 Å². The molecular formula is C20H16NOS+. The fourth-order valence-corrected chi connectivity index (χ4v) is 6.75. The molecule has 4 rings (SSSR count). The second-order valence-corrected chi connectivity index (χ2v) is 8.19. The lowest BCUT2D eigenvalue weighted by atomic mass is 10.1. The first kappa shape index (κ1) is 14.1. The van der Waals surface area contributed by atoms with Crippen molar-refractivity contribution in [3.8, 4) is 11.1 Å². The monoisotopic (exact) mass is 318 g/mol. The maximum atomic E-state index is 12.1. The molecule has 112 valence electrons. The highest BCUT2D eigenvalue weighted by atomic mass is 32.2. The van der Waals surface area contributed by atoms with Crippen LogP contribution in [-0.2, 0) is 14.6 Å². The number of hydrogen-bond donors (Lipinski definition) is 0. The Morgan fingerprint density at radius 1 is 0.739 bits per heavy atom. The summed E-state index contributed by atoms with van der Waals surface area (Å²) in [6.45, 7) is 1.54. The SMILES string of the molecule is CC(=O)N=[S+]1(c2ccccc2)c2ccccc2-c2ccccc21. The lowest BCUT2D eigenvalue weighted by Gasteiger charge is -2.14. The Balaban J connectivity index is 2.22. The molecule has 0 saturated heterocycles. The second kappa shape index (κ2) is 5.28. The fraction of sp³-hybridized carbons (Fsp3) is 0.0500. The van der Waals surface area contributed by atoms with E-state index >= 15 is 0 Å². The molecule has 23 heavy (non-hydrogen) atoms.